The van der Waals surface area contributed by atoms with Crippen molar-refractivity contribution in [2.45, 2.75) is 0 Å². The molecule has 2 rings (SSSR count). The summed E-state index contributed by atoms with van der Waals surface area (Å²) >= 11 is 9.19. The third-order valence-corrected chi connectivity index (χ3v) is 3.10. The van der Waals surface area contributed by atoms with E-state index in [4.69, 9.17) is 23.1 Å². The number of amides is 1. The van der Waals surface area contributed by atoms with Gasteiger partial charge in [-0.3, -0.25) is 4.79 Å². The number of rotatable bonds is 2. The number of anilines is 1. The second-order valence-electron chi connectivity index (χ2n) is 3.34. The number of primary amides is 1. The Labute approximate surface area is 110 Å². The molecule has 0 unspecified atom stereocenters. The van der Waals surface area contributed by atoms with Gasteiger partial charge in [-0.25, -0.2) is 4.68 Å². The van der Waals surface area contributed by atoms with Crippen LogP contribution in [0.1, 0.15) is 10.4 Å². The molecular weight excluding hydrogens is 307 g/mol. The lowest BCUT2D eigenvalue weighted by Crippen LogP contribution is -2.11. The maximum Gasteiger partial charge on any atom is 0.250 e. The zero-order chi connectivity index (χ0) is 12.6. The van der Waals surface area contributed by atoms with Crippen molar-refractivity contribution >= 4 is 39.3 Å². The molecular formula is C10H8BrClN4O. The first kappa shape index (κ1) is 11.9. The van der Waals surface area contributed by atoms with Crippen molar-refractivity contribution in [2.24, 2.45) is 5.73 Å². The lowest BCUT2D eigenvalue weighted by molar-refractivity contribution is 0.100. The Kier molecular flexibility index (Phi) is 3.08. The van der Waals surface area contributed by atoms with Crippen LogP contribution in [-0.4, -0.2) is 15.7 Å². The van der Waals surface area contributed by atoms with Crippen molar-refractivity contribution in [3.63, 3.8) is 0 Å². The molecule has 88 valence electrons. The van der Waals surface area contributed by atoms with E-state index in [9.17, 15) is 4.79 Å². The molecule has 0 bridgehead atoms. The molecule has 1 amide bonds. The van der Waals surface area contributed by atoms with Crippen LogP contribution in [0, 0.1) is 0 Å². The summed E-state index contributed by atoms with van der Waals surface area (Å²) in [7, 11) is 0. The number of halogens is 2. The van der Waals surface area contributed by atoms with Gasteiger partial charge in [-0.05, 0) is 34.1 Å². The van der Waals surface area contributed by atoms with Gasteiger partial charge in [0.25, 0.3) is 0 Å². The van der Waals surface area contributed by atoms with Crippen LogP contribution in [0.2, 0.25) is 5.02 Å². The molecule has 0 spiro atoms. The zero-order valence-corrected chi connectivity index (χ0v) is 10.9. The molecule has 0 radical (unpaired) electrons. The highest BCUT2D eigenvalue weighted by molar-refractivity contribution is 9.10. The number of benzene rings is 1. The zero-order valence-electron chi connectivity index (χ0n) is 8.52. The number of hydrogen-bond acceptors (Lipinski definition) is 3. The molecule has 1 aromatic carbocycles. The van der Waals surface area contributed by atoms with Crippen molar-refractivity contribution in [1.29, 1.82) is 0 Å². The quantitative estimate of drug-likeness (QED) is 0.888. The number of hydrogen-bond donors (Lipinski definition) is 2. The number of nitrogen functional groups attached to an aromatic ring is 1. The molecule has 7 heteroatoms. The molecule has 4 N–H and O–H groups in total. The second kappa shape index (κ2) is 4.38. The number of nitrogens with two attached hydrogens (primary N) is 2. The topological polar surface area (TPSA) is 86.9 Å². The van der Waals surface area contributed by atoms with E-state index < -0.39 is 5.91 Å². The molecule has 1 heterocycles. The van der Waals surface area contributed by atoms with Crippen molar-refractivity contribution in [2.75, 3.05) is 5.73 Å². The lowest BCUT2D eigenvalue weighted by atomic mass is 10.2. The van der Waals surface area contributed by atoms with Gasteiger partial charge in [-0.2, -0.15) is 0 Å². The minimum atomic E-state index is -0.567. The molecule has 0 aliphatic carbocycles. The first-order valence-electron chi connectivity index (χ1n) is 4.59. The smallest absolute Gasteiger partial charge is 0.250 e. The summed E-state index contributed by atoms with van der Waals surface area (Å²) in [5.74, 6) is -0.192. The van der Waals surface area contributed by atoms with Gasteiger partial charge >= 0.3 is 0 Å². The Bertz CT molecular complexity index is 576. The van der Waals surface area contributed by atoms with Gasteiger partial charge in [0.1, 0.15) is 0 Å². The molecule has 0 aliphatic heterocycles. The fourth-order valence-corrected chi connectivity index (χ4v) is 1.89. The summed E-state index contributed by atoms with van der Waals surface area (Å²) < 4.78 is 2.24. The van der Waals surface area contributed by atoms with E-state index in [1.165, 1.54) is 0 Å². The largest absolute Gasteiger partial charge is 0.381 e. The minimum Gasteiger partial charge on any atom is -0.381 e. The normalized spacial score (nSPS) is 10.5. The summed E-state index contributed by atoms with van der Waals surface area (Å²) in [6, 6.07) is 4.83. The van der Waals surface area contributed by atoms with Crippen molar-refractivity contribution in [3.05, 3.63) is 39.5 Å². The van der Waals surface area contributed by atoms with Gasteiger partial charge in [0.05, 0.1) is 20.7 Å². The van der Waals surface area contributed by atoms with Crippen LogP contribution in [-0.2, 0) is 0 Å². The van der Waals surface area contributed by atoms with Crippen LogP contribution in [0.3, 0.4) is 0 Å². The molecule has 0 saturated heterocycles. The second-order valence-corrected chi connectivity index (χ2v) is 4.60. The van der Waals surface area contributed by atoms with Crippen molar-refractivity contribution in [3.8, 4) is 5.69 Å². The Balaban J connectivity index is 2.47. The average molecular weight is 316 g/mol. The summed E-state index contributed by atoms with van der Waals surface area (Å²) in [6.45, 7) is 0. The Morgan fingerprint density at radius 2 is 2.18 bits per heavy atom. The molecule has 1 aromatic heterocycles. The van der Waals surface area contributed by atoms with Gasteiger partial charge < -0.3 is 11.5 Å². The lowest BCUT2D eigenvalue weighted by Gasteiger charge is -2.04. The highest BCUT2D eigenvalue weighted by Gasteiger charge is 2.09. The molecule has 2 aromatic rings. The van der Waals surface area contributed by atoms with E-state index in [1.807, 2.05) is 0 Å². The summed E-state index contributed by atoms with van der Waals surface area (Å²) in [4.78, 5) is 11.0. The van der Waals surface area contributed by atoms with Crippen LogP contribution in [0.5, 0.6) is 0 Å². The monoisotopic (exact) mass is 314 g/mol. The van der Waals surface area contributed by atoms with Crippen molar-refractivity contribution in [1.82, 2.24) is 9.78 Å². The van der Waals surface area contributed by atoms with Crippen LogP contribution in [0.4, 0.5) is 5.82 Å². The van der Waals surface area contributed by atoms with Crippen LogP contribution >= 0.6 is 27.5 Å². The number of carbonyl (C=O) groups is 1. The number of nitrogens with zero attached hydrogens (tertiary/aromatic N) is 2. The summed E-state index contributed by atoms with van der Waals surface area (Å²) in [6.07, 6.45) is 1.70. The van der Waals surface area contributed by atoms with Crippen LogP contribution < -0.4 is 11.5 Å². The molecule has 0 atom stereocenters. The standard InChI is InChI=1S/C10H8BrClN4O/c11-7-4-16(15-9(7)13)5-1-2-6(10(14)17)8(12)3-5/h1-4H,(H2,13,15)(H2,14,17). The fourth-order valence-electron chi connectivity index (χ4n) is 1.34. The van der Waals surface area contributed by atoms with Crippen LogP contribution in [0.25, 0.3) is 5.69 Å². The van der Waals surface area contributed by atoms with E-state index in [0.29, 0.717) is 16.0 Å². The average Bonchev–Trinajstić information content (AvgIpc) is 2.58. The molecule has 0 fully saturated rings. The molecule has 17 heavy (non-hydrogen) atoms. The SMILES string of the molecule is NC(=O)c1ccc(-n2cc(Br)c(N)n2)cc1Cl. The number of carbonyl (C=O) groups excluding carboxylic acids is 1. The third-order valence-electron chi connectivity index (χ3n) is 2.18. The Hall–Kier alpha value is -1.53. The predicted octanol–water partition coefficient (Wildman–Crippen LogP) is 1.97. The fraction of sp³-hybridized carbons (Fsp3) is 0. The maximum absolute atomic E-state index is 11.0. The number of aromatic nitrogens is 2. The van der Waals surface area contributed by atoms with Crippen LogP contribution in [0.15, 0.2) is 28.9 Å². The Morgan fingerprint density at radius 3 is 2.65 bits per heavy atom. The van der Waals surface area contributed by atoms with Gasteiger partial charge in [0.15, 0.2) is 5.82 Å². The van der Waals surface area contributed by atoms with Gasteiger partial charge in [-0.15, -0.1) is 5.10 Å². The Morgan fingerprint density at radius 1 is 1.47 bits per heavy atom. The van der Waals surface area contributed by atoms with Gasteiger partial charge in [0.2, 0.25) is 5.91 Å². The molecule has 5 nitrogen and oxygen atoms in total. The highest BCUT2D eigenvalue weighted by Crippen LogP contribution is 2.23. The van der Waals surface area contributed by atoms with E-state index in [0.717, 1.165) is 0 Å². The minimum absolute atomic E-state index is 0.273. The van der Waals surface area contributed by atoms with E-state index in [1.54, 1.807) is 29.1 Å². The molecule has 0 aliphatic rings. The van der Waals surface area contributed by atoms with Gasteiger partial charge in [0, 0.05) is 6.20 Å². The third kappa shape index (κ3) is 2.27. The highest BCUT2D eigenvalue weighted by atomic mass is 79.9. The summed E-state index contributed by atoms with van der Waals surface area (Å²) in [5.41, 5.74) is 11.7. The van der Waals surface area contributed by atoms with Gasteiger partial charge in [-0.1, -0.05) is 11.6 Å². The summed E-state index contributed by atoms with van der Waals surface area (Å²) in [5, 5.41) is 4.35. The molecule has 0 saturated carbocycles. The van der Waals surface area contributed by atoms with Crippen molar-refractivity contribution < 1.29 is 4.79 Å². The first-order valence-corrected chi connectivity index (χ1v) is 5.76. The predicted molar refractivity (Wildman–Crippen MR) is 69.2 cm³/mol. The first-order chi connectivity index (χ1) is 7.99. The van der Waals surface area contributed by atoms with E-state index in [2.05, 4.69) is 21.0 Å². The van der Waals surface area contributed by atoms with E-state index in [-0.39, 0.29) is 10.6 Å². The maximum atomic E-state index is 11.0. The van der Waals surface area contributed by atoms with E-state index >= 15 is 0 Å².